The number of hydrogen-bond donors (Lipinski definition) is 1. The number of nitrogens with zero attached hydrogens (tertiary/aromatic N) is 2. The molecule has 4 atom stereocenters. The quantitative estimate of drug-likeness (QED) is 0.907. The van der Waals surface area contributed by atoms with Crippen LogP contribution in [0.5, 0.6) is 0 Å². The van der Waals surface area contributed by atoms with E-state index in [1.54, 1.807) is 0 Å². The van der Waals surface area contributed by atoms with Crippen molar-refractivity contribution in [3.05, 3.63) is 41.6 Å². The van der Waals surface area contributed by atoms with Gasteiger partial charge in [0.05, 0.1) is 6.04 Å². The molecule has 1 aromatic rings. The van der Waals surface area contributed by atoms with Gasteiger partial charge in [0, 0.05) is 23.1 Å². The lowest BCUT2D eigenvalue weighted by atomic mass is 9.62. The summed E-state index contributed by atoms with van der Waals surface area (Å²) in [6, 6.07) is 9.19. The Morgan fingerprint density at radius 2 is 2.17 bits per heavy atom. The SMILES string of the molecule is CC[C@@]12C=C(C(=O)O)N3c4ccccc4C4CCN(CCC1)C2[C@H]43. The monoisotopic (exact) mass is 324 g/mol. The van der Waals surface area contributed by atoms with Crippen LogP contribution < -0.4 is 4.90 Å². The lowest BCUT2D eigenvalue weighted by Gasteiger charge is -2.59. The van der Waals surface area contributed by atoms with E-state index in [9.17, 15) is 9.90 Å². The van der Waals surface area contributed by atoms with Crippen LogP contribution in [-0.4, -0.2) is 41.1 Å². The van der Waals surface area contributed by atoms with E-state index in [0.29, 0.717) is 17.7 Å². The van der Waals surface area contributed by atoms with E-state index in [0.717, 1.165) is 38.0 Å². The Morgan fingerprint density at radius 3 is 2.96 bits per heavy atom. The fraction of sp³-hybridized carbons (Fsp3) is 0.550. The summed E-state index contributed by atoms with van der Waals surface area (Å²) in [7, 11) is 0. The maximum Gasteiger partial charge on any atom is 0.352 e. The Balaban J connectivity index is 1.76. The van der Waals surface area contributed by atoms with Crippen molar-refractivity contribution < 1.29 is 9.90 Å². The number of anilines is 1. The summed E-state index contributed by atoms with van der Waals surface area (Å²) in [6.07, 6.45) is 6.58. The summed E-state index contributed by atoms with van der Waals surface area (Å²) in [5, 5.41) is 9.96. The lowest BCUT2D eigenvalue weighted by molar-refractivity contribution is -0.133. The van der Waals surface area contributed by atoms with Gasteiger partial charge in [0.2, 0.25) is 0 Å². The van der Waals surface area contributed by atoms with E-state index in [4.69, 9.17) is 0 Å². The molecular formula is C20H24N2O2. The number of para-hydroxylation sites is 1. The lowest BCUT2D eigenvalue weighted by Crippen LogP contribution is -2.67. The van der Waals surface area contributed by atoms with Crippen molar-refractivity contribution in [2.75, 3.05) is 18.0 Å². The van der Waals surface area contributed by atoms with Crippen LogP contribution in [0.4, 0.5) is 5.69 Å². The van der Waals surface area contributed by atoms with Crippen LogP contribution in [0.1, 0.15) is 44.1 Å². The molecule has 4 nitrogen and oxygen atoms in total. The topological polar surface area (TPSA) is 43.8 Å². The third kappa shape index (κ3) is 1.65. The van der Waals surface area contributed by atoms with E-state index in [-0.39, 0.29) is 11.5 Å². The molecule has 24 heavy (non-hydrogen) atoms. The zero-order chi connectivity index (χ0) is 16.5. The van der Waals surface area contributed by atoms with Crippen molar-refractivity contribution in [3.8, 4) is 0 Å². The van der Waals surface area contributed by atoms with Crippen molar-refractivity contribution >= 4 is 11.7 Å². The molecule has 0 amide bonds. The van der Waals surface area contributed by atoms with Crippen molar-refractivity contribution in [3.63, 3.8) is 0 Å². The second kappa shape index (κ2) is 4.85. The Hall–Kier alpha value is -1.81. The van der Waals surface area contributed by atoms with Crippen LogP contribution in [0, 0.1) is 5.41 Å². The first-order valence-corrected chi connectivity index (χ1v) is 9.24. The number of benzene rings is 1. The highest BCUT2D eigenvalue weighted by Crippen LogP contribution is 2.58. The summed E-state index contributed by atoms with van der Waals surface area (Å²) in [5.41, 5.74) is 3.01. The van der Waals surface area contributed by atoms with E-state index in [1.165, 1.54) is 12.0 Å². The van der Waals surface area contributed by atoms with Gasteiger partial charge in [-0.25, -0.2) is 4.79 Å². The standard InChI is InChI=1S/C20H24N2O2/c1-2-20-9-5-10-21-11-8-14-13-6-3-4-7-15(13)22(17(14)18(20)21)16(12-20)19(23)24/h3-4,6-7,12,14,17-18H,2,5,8-11H2,1H3,(H,23,24)/t14?,17-,18?,20-/m0/s1. The second-order valence-electron chi connectivity index (χ2n) is 7.82. The van der Waals surface area contributed by atoms with Gasteiger partial charge >= 0.3 is 5.97 Å². The first-order valence-electron chi connectivity index (χ1n) is 9.24. The largest absolute Gasteiger partial charge is 0.477 e. The Kier molecular flexibility index (Phi) is 2.94. The molecule has 4 aliphatic rings. The molecule has 4 heteroatoms. The molecule has 0 radical (unpaired) electrons. The van der Waals surface area contributed by atoms with Crippen LogP contribution in [-0.2, 0) is 4.79 Å². The number of hydrogen-bond acceptors (Lipinski definition) is 3. The predicted molar refractivity (Wildman–Crippen MR) is 93.1 cm³/mol. The van der Waals surface area contributed by atoms with Gasteiger partial charge < -0.3 is 10.0 Å². The molecular weight excluding hydrogens is 300 g/mol. The van der Waals surface area contributed by atoms with Crippen molar-refractivity contribution in [1.82, 2.24) is 4.90 Å². The number of aliphatic carboxylic acids is 1. The minimum Gasteiger partial charge on any atom is -0.477 e. The molecule has 2 saturated heterocycles. The minimum atomic E-state index is -0.778. The van der Waals surface area contributed by atoms with Crippen molar-refractivity contribution in [2.24, 2.45) is 5.41 Å². The first kappa shape index (κ1) is 14.5. The first-order chi connectivity index (χ1) is 11.7. The molecule has 4 heterocycles. The van der Waals surface area contributed by atoms with Gasteiger partial charge in [0.15, 0.2) is 0 Å². The molecule has 4 aliphatic heterocycles. The van der Waals surface area contributed by atoms with Crippen LogP contribution in [0.2, 0.25) is 0 Å². The third-order valence-electron chi connectivity index (χ3n) is 6.99. The van der Waals surface area contributed by atoms with Crippen molar-refractivity contribution in [2.45, 2.75) is 50.6 Å². The summed E-state index contributed by atoms with van der Waals surface area (Å²) in [6.45, 7) is 4.54. The van der Waals surface area contributed by atoms with Crippen LogP contribution in [0.15, 0.2) is 36.0 Å². The zero-order valence-electron chi connectivity index (χ0n) is 14.1. The fourth-order valence-electron chi connectivity index (χ4n) is 6.05. The molecule has 126 valence electrons. The average molecular weight is 324 g/mol. The van der Waals surface area contributed by atoms with Crippen LogP contribution in [0.25, 0.3) is 0 Å². The molecule has 0 aliphatic carbocycles. The highest BCUT2D eigenvalue weighted by molar-refractivity contribution is 5.93. The third-order valence-corrected chi connectivity index (χ3v) is 6.99. The summed E-state index contributed by atoms with van der Waals surface area (Å²) >= 11 is 0. The van der Waals surface area contributed by atoms with Crippen molar-refractivity contribution in [1.29, 1.82) is 0 Å². The second-order valence-corrected chi connectivity index (χ2v) is 7.82. The van der Waals surface area contributed by atoms with Gasteiger partial charge in [0.1, 0.15) is 5.70 Å². The average Bonchev–Trinajstić information content (AvgIpc) is 2.95. The summed E-state index contributed by atoms with van der Waals surface area (Å²) in [4.78, 5) is 16.9. The maximum atomic E-state index is 12.1. The Labute approximate surface area is 142 Å². The number of carbonyl (C=O) groups is 1. The normalized spacial score (nSPS) is 36.8. The molecule has 0 saturated carbocycles. The van der Waals surface area contributed by atoms with Gasteiger partial charge in [-0.15, -0.1) is 0 Å². The Morgan fingerprint density at radius 1 is 1.33 bits per heavy atom. The summed E-state index contributed by atoms with van der Waals surface area (Å²) in [5.74, 6) is -0.311. The van der Waals surface area contributed by atoms with Gasteiger partial charge in [0.25, 0.3) is 0 Å². The van der Waals surface area contributed by atoms with E-state index >= 15 is 0 Å². The predicted octanol–water partition coefficient (Wildman–Crippen LogP) is 3.21. The van der Waals surface area contributed by atoms with E-state index in [1.807, 2.05) is 6.07 Å². The molecule has 1 N–H and O–H groups in total. The molecule has 2 fully saturated rings. The molecule has 1 aromatic carbocycles. The van der Waals surface area contributed by atoms with Crippen LogP contribution in [0.3, 0.4) is 0 Å². The molecule has 0 spiro atoms. The van der Waals surface area contributed by atoms with Gasteiger partial charge in [-0.3, -0.25) is 4.90 Å². The number of carboxylic acid groups (broad SMARTS) is 1. The summed E-state index contributed by atoms with van der Waals surface area (Å²) < 4.78 is 0. The molecule has 5 rings (SSSR count). The molecule has 0 aromatic heterocycles. The number of carboxylic acids is 1. The minimum absolute atomic E-state index is 0.0217. The highest BCUT2D eigenvalue weighted by Gasteiger charge is 2.59. The number of rotatable bonds is 2. The highest BCUT2D eigenvalue weighted by atomic mass is 16.4. The van der Waals surface area contributed by atoms with Gasteiger partial charge in [-0.1, -0.05) is 25.1 Å². The smallest absolute Gasteiger partial charge is 0.352 e. The fourth-order valence-corrected chi connectivity index (χ4v) is 6.05. The molecule has 2 unspecified atom stereocenters. The van der Waals surface area contributed by atoms with E-state index < -0.39 is 5.97 Å². The number of fused-ring (bicyclic) bond motifs is 3. The van der Waals surface area contributed by atoms with Gasteiger partial charge in [-0.05, 0) is 56.5 Å². The number of piperidine rings is 2. The van der Waals surface area contributed by atoms with Crippen LogP contribution >= 0.6 is 0 Å². The molecule has 0 bridgehead atoms. The van der Waals surface area contributed by atoms with E-state index in [2.05, 4.69) is 41.0 Å². The maximum absolute atomic E-state index is 12.1. The zero-order valence-corrected chi connectivity index (χ0v) is 14.1. The Bertz CT molecular complexity index is 743. The van der Waals surface area contributed by atoms with Gasteiger partial charge in [-0.2, -0.15) is 0 Å².